The Balaban J connectivity index is 1.46. The minimum Gasteiger partial charge on any atom is -0.507 e. The molecule has 2 fully saturated rings. The summed E-state index contributed by atoms with van der Waals surface area (Å²) in [6, 6.07) is 14.3. The maximum atomic E-state index is 10.2. The van der Waals surface area contributed by atoms with Gasteiger partial charge in [0.2, 0.25) is 0 Å². The molecule has 3 aromatic rings. The van der Waals surface area contributed by atoms with E-state index in [4.69, 9.17) is 5.73 Å². The number of rotatable bonds is 3. The highest BCUT2D eigenvalue weighted by atomic mass is 16.3. The van der Waals surface area contributed by atoms with Crippen molar-refractivity contribution >= 4 is 17.2 Å². The van der Waals surface area contributed by atoms with Crippen LogP contribution in [0.15, 0.2) is 54.9 Å². The maximum Gasteiger partial charge on any atom is 0.169 e. The van der Waals surface area contributed by atoms with Gasteiger partial charge in [0.1, 0.15) is 5.75 Å². The third-order valence-electron chi connectivity index (χ3n) is 6.07. The Kier molecular flexibility index (Phi) is 4.42. The highest BCUT2D eigenvalue weighted by Crippen LogP contribution is 2.38. The molecule has 1 aromatic carbocycles. The number of pyridine rings is 1. The number of para-hydroxylation sites is 1. The van der Waals surface area contributed by atoms with Crippen LogP contribution < -0.4 is 15.5 Å². The highest BCUT2D eigenvalue weighted by molar-refractivity contribution is 5.74. The first-order valence-electron chi connectivity index (χ1n) is 10.1. The Bertz CT molecular complexity index is 1010. The van der Waals surface area contributed by atoms with Crippen molar-refractivity contribution in [3.05, 3.63) is 54.9 Å². The number of phenolic OH excluding ortho intramolecular Hbond substituents is 1. The van der Waals surface area contributed by atoms with E-state index in [1.807, 2.05) is 30.6 Å². The van der Waals surface area contributed by atoms with Gasteiger partial charge in [-0.2, -0.15) is 0 Å². The van der Waals surface area contributed by atoms with Gasteiger partial charge in [0.05, 0.1) is 11.4 Å². The summed E-state index contributed by atoms with van der Waals surface area (Å²) in [5, 5.41) is 18.6. The molecule has 2 atom stereocenters. The predicted octanol–water partition coefficient (Wildman–Crippen LogP) is 3.07. The second kappa shape index (κ2) is 7.24. The number of hydrogen-bond acceptors (Lipinski definition) is 7. The first-order chi connectivity index (χ1) is 14.2. The third kappa shape index (κ3) is 3.22. The Hall–Kier alpha value is -3.35. The van der Waals surface area contributed by atoms with Crippen LogP contribution in [0.1, 0.15) is 19.3 Å². The molecule has 2 aliphatic rings. The molecule has 0 amide bonds. The SMILES string of the molecule is Nc1nnc(-c2ccccc2O)cc1N1CCC2CCC(C1)N2c1ccncc1. The summed E-state index contributed by atoms with van der Waals surface area (Å²) in [7, 11) is 0. The third-order valence-corrected chi connectivity index (χ3v) is 6.07. The van der Waals surface area contributed by atoms with Gasteiger partial charge in [-0.25, -0.2) is 0 Å². The molecule has 2 unspecified atom stereocenters. The average molecular weight is 388 g/mol. The quantitative estimate of drug-likeness (QED) is 0.712. The zero-order chi connectivity index (χ0) is 19.8. The Labute approximate surface area is 169 Å². The van der Waals surface area contributed by atoms with Crippen LogP contribution >= 0.6 is 0 Å². The summed E-state index contributed by atoms with van der Waals surface area (Å²) in [4.78, 5) is 9.04. The van der Waals surface area contributed by atoms with Crippen LogP contribution in [0.4, 0.5) is 17.2 Å². The number of hydrogen-bond donors (Lipinski definition) is 2. The van der Waals surface area contributed by atoms with Crippen LogP contribution in [0.25, 0.3) is 11.3 Å². The van der Waals surface area contributed by atoms with Crippen LogP contribution in [0.5, 0.6) is 5.75 Å². The molecule has 0 radical (unpaired) electrons. The molecule has 2 aliphatic heterocycles. The van der Waals surface area contributed by atoms with E-state index >= 15 is 0 Å². The van der Waals surface area contributed by atoms with Crippen molar-refractivity contribution in [3.8, 4) is 17.0 Å². The van der Waals surface area contributed by atoms with Crippen molar-refractivity contribution in [2.45, 2.75) is 31.3 Å². The Morgan fingerprint density at radius 1 is 0.966 bits per heavy atom. The molecule has 5 rings (SSSR count). The molecule has 0 spiro atoms. The molecule has 4 heterocycles. The van der Waals surface area contributed by atoms with Gasteiger partial charge in [-0.15, -0.1) is 10.2 Å². The number of aromatic hydroxyl groups is 1. The van der Waals surface area contributed by atoms with E-state index in [9.17, 15) is 5.11 Å². The number of benzene rings is 1. The van der Waals surface area contributed by atoms with Crippen molar-refractivity contribution in [1.29, 1.82) is 0 Å². The lowest BCUT2D eigenvalue weighted by molar-refractivity contribution is 0.477. The van der Waals surface area contributed by atoms with Gasteiger partial charge in [-0.05, 0) is 49.6 Å². The highest BCUT2D eigenvalue weighted by Gasteiger charge is 2.37. The molecule has 148 valence electrons. The summed E-state index contributed by atoms with van der Waals surface area (Å²) in [5.74, 6) is 0.619. The fourth-order valence-corrected chi connectivity index (χ4v) is 4.70. The second-order valence-electron chi connectivity index (χ2n) is 7.75. The van der Waals surface area contributed by atoms with Gasteiger partial charge in [0.25, 0.3) is 0 Å². The zero-order valence-electron chi connectivity index (χ0n) is 16.1. The van der Waals surface area contributed by atoms with E-state index in [0.29, 0.717) is 29.2 Å². The number of aromatic nitrogens is 3. The number of nitrogens with two attached hydrogens (primary N) is 1. The van der Waals surface area contributed by atoms with Gasteiger partial charge >= 0.3 is 0 Å². The van der Waals surface area contributed by atoms with E-state index in [0.717, 1.165) is 31.6 Å². The van der Waals surface area contributed by atoms with Crippen molar-refractivity contribution in [2.24, 2.45) is 0 Å². The summed E-state index contributed by atoms with van der Waals surface area (Å²) >= 11 is 0. The summed E-state index contributed by atoms with van der Waals surface area (Å²) < 4.78 is 0. The van der Waals surface area contributed by atoms with Crippen LogP contribution in [0.3, 0.4) is 0 Å². The number of phenols is 1. The molecule has 0 saturated carbocycles. The van der Waals surface area contributed by atoms with Gasteiger partial charge in [0, 0.05) is 48.8 Å². The lowest BCUT2D eigenvalue weighted by Crippen LogP contribution is -2.39. The van der Waals surface area contributed by atoms with Crippen LogP contribution in [0, 0.1) is 0 Å². The van der Waals surface area contributed by atoms with Gasteiger partial charge < -0.3 is 20.6 Å². The van der Waals surface area contributed by atoms with Crippen molar-refractivity contribution in [3.63, 3.8) is 0 Å². The van der Waals surface area contributed by atoms with Gasteiger partial charge in [-0.3, -0.25) is 4.98 Å². The zero-order valence-corrected chi connectivity index (χ0v) is 16.1. The van der Waals surface area contributed by atoms with E-state index < -0.39 is 0 Å². The van der Waals surface area contributed by atoms with E-state index in [-0.39, 0.29) is 5.75 Å². The molecule has 2 bridgehead atoms. The van der Waals surface area contributed by atoms with Crippen LogP contribution in [0.2, 0.25) is 0 Å². The van der Waals surface area contributed by atoms with Crippen LogP contribution in [-0.4, -0.2) is 45.5 Å². The molecular weight excluding hydrogens is 364 g/mol. The molecule has 7 nitrogen and oxygen atoms in total. The van der Waals surface area contributed by atoms with Crippen LogP contribution in [-0.2, 0) is 0 Å². The fourth-order valence-electron chi connectivity index (χ4n) is 4.70. The number of nitrogen functional groups attached to an aromatic ring is 1. The second-order valence-corrected chi connectivity index (χ2v) is 7.75. The van der Waals surface area contributed by atoms with Gasteiger partial charge in [-0.1, -0.05) is 12.1 Å². The van der Waals surface area contributed by atoms with E-state index in [1.165, 1.54) is 12.1 Å². The molecular formula is C22H24N6O. The number of anilines is 3. The molecule has 0 aliphatic carbocycles. The predicted molar refractivity (Wildman–Crippen MR) is 114 cm³/mol. The molecule has 3 N–H and O–H groups in total. The molecule has 2 aromatic heterocycles. The minimum absolute atomic E-state index is 0.191. The largest absolute Gasteiger partial charge is 0.507 e. The normalized spacial score (nSPS) is 21.2. The van der Waals surface area contributed by atoms with Gasteiger partial charge in [0.15, 0.2) is 5.82 Å². The minimum atomic E-state index is 0.191. The lowest BCUT2D eigenvalue weighted by Gasteiger charge is -2.31. The van der Waals surface area contributed by atoms with E-state index in [1.54, 1.807) is 12.1 Å². The summed E-state index contributed by atoms with van der Waals surface area (Å²) in [6.07, 6.45) is 7.16. The molecule has 29 heavy (non-hydrogen) atoms. The topological polar surface area (TPSA) is 91.4 Å². The Morgan fingerprint density at radius 3 is 2.59 bits per heavy atom. The average Bonchev–Trinajstić information content (AvgIpc) is 3.04. The summed E-state index contributed by atoms with van der Waals surface area (Å²) in [5.41, 5.74) is 9.66. The Morgan fingerprint density at radius 2 is 1.76 bits per heavy atom. The van der Waals surface area contributed by atoms with Crippen molar-refractivity contribution in [2.75, 3.05) is 28.6 Å². The molecule has 2 saturated heterocycles. The number of fused-ring (bicyclic) bond motifs is 2. The smallest absolute Gasteiger partial charge is 0.169 e. The number of nitrogens with zero attached hydrogens (tertiary/aromatic N) is 5. The van der Waals surface area contributed by atoms with E-state index in [2.05, 4.69) is 37.1 Å². The standard InChI is InChI=1S/C22H24N6O/c23-22-20(13-19(25-26-22)18-3-1-2-4-21(18)29)27-12-9-15-5-6-17(14-27)28(15)16-7-10-24-11-8-16/h1-4,7-8,10-11,13,15,17,29H,5-6,9,12,14H2,(H2,23,26). The first kappa shape index (κ1) is 17.7. The summed E-state index contributed by atoms with van der Waals surface area (Å²) in [6.45, 7) is 1.80. The fraction of sp³-hybridized carbons (Fsp3) is 0.318. The maximum absolute atomic E-state index is 10.2. The monoisotopic (exact) mass is 388 g/mol. The lowest BCUT2D eigenvalue weighted by atomic mass is 10.1. The molecule has 7 heteroatoms. The van der Waals surface area contributed by atoms with Crippen molar-refractivity contribution < 1.29 is 5.11 Å². The van der Waals surface area contributed by atoms with Crippen molar-refractivity contribution in [1.82, 2.24) is 15.2 Å². The first-order valence-corrected chi connectivity index (χ1v) is 10.1.